The molecule has 2 heterocycles. The molecule has 0 aromatic heterocycles. The van der Waals surface area contributed by atoms with Crippen LogP contribution in [-0.2, 0) is 35.0 Å². The topological polar surface area (TPSA) is 139 Å². The maximum Gasteiger partial charge on any atom is 0.416 e. The van der Waals surface area contributed by atoms with Crippen LogP contribution >= 0.6 is 0 Å². The van der Waals surface area contributed by atoms with E-state index in [4.69, 9.17) is 10.2 Å². The fourth-order valence-corrected chi connectivity index (χ4v) is 6.54. The minimum absolute atomic E-state index is 0.155. The third kappa shape index (κ3) is 11.2. The molecule has 2 amide bonds. The van der Waals surface area contributed by atoms with Crippen molar-refractivity contribution in [1.82, 2.24) is 20.4 Å². The van der Waals surface area contributed by atoms with Gasteiger partial charge in [0.15, 0.2) is 0 Å². The zero-order chi connectivity index (χ0) is 42.4. The number of carboxylic acids is 2. The lowest BCUT2D eigenvalue weighted by molar-refractivity contribution is -0.138. The second-order valence-electron chi connectivity index (χ2n) is 14.3. The molecule has 2 saturated heterocycles. The summed E-state index contributed by atoms with van der Waals surface area (Å²) in [7, 11) is 0. The van der Waals surface area contributed by atoms with Gasteiger partial charge in [0.05, 0.1) is 46.4 Å². The molecule has 0 spiro atoms. The highest BCUT2D eigenvalue weighted by atomic mass is 19.4. The number of carboxylic acid groups (broad SMARTS) is 2. The molecule has 4 atom stereocenters. The van der Waals surface area contributed by atoms with Crippen molar-refractivity contribution in [3.8, 4) is 0 Å². The standard InChI is InChI=1S/2C21H21F3N2O3/c2*1-13(15-4-6-16(7-5-15)20(28)29)25-19(27)18-10-11-26(18)12-14-2-8-17(9-3-14)21(22,23)24/h2*2-9,13,18H,10-12H2,1H3,(H,25,27)(H,28,29)/t2*13-,18?/m00/s1. The highest BCUT2D eigenvalue weighted by Gasteiger charge is 2.36. The van der Waals surface area contributed by atoms with Crippen molar-refractivity contribution in [1.29, 1.82) is 0 Å². The number of nitrogens with zero attached hydrogens (tertiary/aromatic N) is 2. The zero-order valence-electron chi connectivity index (χ0n) is 31.5. The Morgan fingerprint density at radius 2 is 0.879 bits per heavy atom. The second kappa shape index (κ2) is 18.2. The quantitative estimate of drug-likeness (QED) is 0.107. The first-order valence-electron chi connectivity index (χ1n) is 18.4. The third-order valence-corrected chi connectivity index (χ3v) is 10.2. The summed E-state index contributed by atoms with van der Waals surface area (Å²) in [6, 6.07) is 21.3. The van der Waals surface area contributed by atoms with E-state index in [0.29, 0.717) is 50.1 Å². The number of hydrogen-bond donors (Lipinski definition) is 4. The average molecular weight is 813 g/mol. The van der Waals surface area contributed by atoms with Crippen molar-refractivity contribution >= 4 is 23.8 Å². The SMILES string of the molecule is C[C@H](NC(=O)C1CCN1Cc1ccc(C(F)(F)F)cc1)c1ccc(C(=O)O)cc1.C[C@H](NC(=O)C1CCN1Cc1ccc(C(F)(F)F)cc1)c1ccc(C(=O)O)cc1. The Kier molecular flexibility index (Phi) is 13.6. The molecule has 4 aromatic rings. The third-order valence-electron chi connectivity index (χ3n) is 10.2. The van der Waals surface area contributed by atoms with Gasteiger partial charge in [-0.1, -0.05) is 48.5 Å². The van der Waals surface area contributed by atoms with E-state index in [0.717, 1.165) is 35.4 Å². The summed E-state index contributed by atoms with van der Waals surface area (Å²) < 4.78 is 75.9. The van der Waals surface area contributed by atoms with E-state index in [9.17, 15) is 45.5 Å². The van der Waals surface area contributed by atoms with Crippen molar-refractivity contribution in [3.05, 3.63) is 142 Å². The molecule has 2 fully saturated rings. The van der Waals surface area contributed by atoms with Gasteiger partial charge in [-0.3, -0.25) is 19.4 Å². The molecule has 0 aliphatic carbocycles. The van der Waals surface area contributed by atoms with Crippen LogP contribution in [0.4, 0.5) is 26.3 Å². The van der Waals surface area contributed by atoms with Gasteiger partial charge in [0.25, 0.3) is 0 Å². The maximum atomic E-state index is 12.7. The molecule has 0 radical (unpaired) electrons. The highest BCUT2D eigenvalue weighted by Crippen LogP contribution is 2.31. The summed E-state index contributed by atoms with van der Waals surface area (Å²) in [5.41, 5.74) is 1.97. The molecule has 2 aliphatic rings. The molecule has 4 N–H and O–H groups in total. The first kappa shape index (κ1) is 43.4. The van der Waals surface area contributed by atoms with Crippen LogP contribution in [0.2, 0.25) is 0 Å². The highest BCUT2D eigenvalue weighted by molar-refractivity contribution is 5.88. The number of aromatic carboxylic acids is 2. The number of rotatable bonds is 12. The van der Waals surface area contributed by atoms with Crippen LogP contribution in [-0.4, -0.2) is 68.9 Å². The van der Waals surface area contributed by atoms with Crippen LogP contribution in [0, 0.1) is 0 Å². The number of benzene rings is 4. The van der Waals surface area contributed by atoms with E-state index >= 15 is 0 Å². The normalized spacial score (nSPS) is 18.0. The Morgan fingerprint density at radius 3 is 1.12 bits per heavy atom. The molecule has 0 saturated carbocycles. The number of nitrogens with one attached hydrogen (secondary N) is 2. The van der Waals surface area contributed by atoms with Crippen LogP contribution in [0.3, 0.4) is 0 Å². The van der Waals surface area contributed by atoms with Crippen LogP contribution < -0.4 is 10.6 Å². The minimum atomic E-state index is -4.36. The lowest BCUT2D eigenvalue weighted by Gasteiger charge is -2.40. The van der Waals surface area contributed by atoms with Gasteiger partial charge in [-0.15, -0.1) is 0 Å². The molecule has 0 bridgehead atoms. The minimum Gasteiger partial charge on any atom is -0.478 e. The molecule has 10 nitrogen and oxygen atoms in total. The monoisotopic (exact) mass is 812 g/mol. The van der Waals surface area contributed by atoms with Gasteiger partial charge in [0.2, 0.25) is 11.8 Å². The van der Waals surface area contributed by atoms with Crippen molar-refractivity contribution < 1.29 is 55.7 Å². The summed E-state index contributed by atoms with van der Waals surface area (Å²) in [4.78, 5) is 50.8. The summed E-state index contributed by atoms with van der Waals surface area (Å²) in [6.45, 7) is 5.82. The van der Waals surface area contributed by atoms with Crippen molar-refractivity contribution in [2.45, 2.75) is 76.3 Å². The van der Waals surface area contributed by atoms with Crippen LogP contribution in [0.25, 0.3) is 0 Å². The van der Waals surface area contributed by atoms with Crippen LogP contribution in [0.5, 0.6) is 0 Å². The Hall–Kier alpha value is -5.74. The van der Waals surface area contributed by atoms with Gasteiger partial charge in [0.1, 0.15) is 0 Å². The van der Waals surface area contributed by atoms with Gasteiger partial charge in [0, 0.05) is 26.2 Å². The van der Waals surface area contributed by atoms with E-state index in [2.05, 4.69) is 10.6 Å². The predicted octanol–water partition coefficient (Wildman–Crippen LogP) is 7.71. The molecule has 2 aliphatic heterocycles. The predicted molar refractivity (Wildman–Crippen MR) is 200 cm³/mol. The Labute approximate surface area is 330 Å². The number of halogens is 6. The molecule has 6 rings (SSSR count). The summed E-state index contributed by atoms with van der Waals surface area (Å²) in [5.74, 6) is -2.33. The summed E-state index contributed by atoms with van der Waals surface area (Å²) in [5, 5.41) is 23.7. The first-order valence-corrected chi connectivity index (χ1v) is 18.4. The van der Waals surface area contributed by atoms with Gasteiger partial charge in [-0.25, -0.2) is 9.59 Å². The number of carbonyl (C=O) groups excluding carboxylic acids is 2. The Morgan fingerprint density at radius 1 is 0.569 bits per heavy atom. The molecule has 58 heavy (non-hydrogen) atoms. The fraction of sp³-hybridized carbons (Fsp3) is 0.333. The first-order chi connectivity index (χ1) is 27.3. The molecule has 308 valence electrons. The number of carbonyl (C=O) groups is 4. The summed E-state index contributed by atoms with van der Waals surface area (Å²) in [6.07, 6.45) is -7.37. The largest absolute Gasteiger partial charge is 0.478 e. The van der Waals surface area contributed by atoms with E-state index in [1.54, 1.807) is 24.3 Å². The number of alkyl halides is 6. The lowest BCUT2D eigenvalue weighted by atomic mass is 9.99. The van der Waals surface area contributed by atoms with Crippen molar-refractivity contribution in [2.75, 3.05) is 13.1 Å². The summed E-state index contributed by atoms with van der Waals surface area (Å²) >= 11 is 0. The van der Waals surface area contributed by atoms with Gasteiger partial charge in [-0.05, 0) is 97.5 Å². The van der Waals surface area contributed by atoms with Gasteiger partial charge >= 0.3 is 24.3 Å². The average Bonchev–Trinajstić information content (AvgIpc) is 3.15. The van der Waals surface area contributed by atoms with Gasteiger partial charge in [-0.2, -0.15) is 26.3 Å². The van der Waals surface area contributed by atoms with Crippen LogP contribution in [0.15, 0.2) is 97.1 Å². The molecular formula is C42H42F6N4O6. The number of hydrogen-bond acceptors (Lipinski definition) is 6. The fourth-order valence-electron chi connectivity index (χ4n) is 6.54. The Bertz CT molecular complexity index is 1910. The van der Waals surface area contributed by atoms with E-state index in [1.165, 1.54) is 48.5 Å². The smallest absolute Gasteiger partial charge is 0.416 e. The number of likely N-dealkylation sites (tertiary alicyclic amines) is 2. The molecule has 2 unspecified atom stereocenters. The van der Waals surface area contributed by atoms with E-state index < -0.39 is 35.4 Å². The zero-order valence-corrected chi connectivity index (χ0v) is 31.5. The number of amides is 2. The Balaban J connectivity index is 0.000000221. The molecule has 16 heteroatoms. The van der Waals surface area contributed by atoms with Crippen LogP contribution in [0.1, 0.15) is 92.9 Å². The van der Waals surface area contributed by atoms with Gasteiger partial charge < -0.3 is 20.8 Å². The van der Waals surface area contributed by atoms with E-state index in [-0.39, 0.29) is 47.1 Å². The van der Waals surface area contributed by atoms with Crippen molar-refractivity contribution in [3.63, 3.8) is 0 Å². The molecular weight excluding hydrogens is 770 g/mol. The molecule has 4 aromatic carbocycles. The van der Waals surface area contributed by atoms with Crippen molar-refractivity contribution in [2.24, 2.45) is 0 Å². The second-order valence-corrected chi connectivity index (χ2v) is 14.3. The maximum absolute atomic E-state index is 12.7. The van der Waals surface area contributed by atoms with E-state index in [1.807, 2.05) is 23.6 Å². The lowest BCUT2D eigenvalue weighted by Crippen LogP contribution is -2.55.